The zero-order valence-corrected chi connectivity index (χ0v) is 53.8. The molecule has 18 N–H and O–H groups in total. The molecule has 1 aromatic rings. The van der Waals surface area contributed by atoms with Crippen molar-refractivity contribution in [2.24, 2.45) is 126 Å². The van der Waals surface area contributed by atoms with Crippen molar-refractivity contribution in [3.05, 3.63) is 35.4 Å². The molecule has 0 bridgehead atoms. The van der Waals surface area contributed by atoms with Crippen molar-refractivity contribution in [1.29, 1.82) is 0 Å². The lowest BCUT2D eigenvalue weighted by Crippen LogP contribution is -2.62. The molecule has 20 nitrogen and oxygen atoms in total. The molecule has 0 saturated heterocycles. The molecule has 1 aromatic carbocycles. The second kappa shape index (κ2) is 28.1. The van der Waals surface area contributed by atoms with Gasteiger partial charge in [-0.3, -0.25) is 29.2 Å². The van der Waals surface area contributed by atoms with E-state index in [4.69, 9.17) is 22.9 Å². The van der Waals surface area contributed by atoms with Gasteiger partial charge < -0.3 is 74.8 Å². The Balaban J connectivity index is 0.745. The first-order valence-electron chi connectivity index (χ1n) is 34.1. The van der Waals surface area contributed by atoms with Crippen LogP contribution < -0.4 is 44.2 Å². The summed E-state index contributed by atoms with van der Waals surface area (Å²) in [5, 5.41) is 80.8. The molecule has 0 radical (unpaired) electrons. The van der Waals surface area contributed by atoms with E-state index in [0.29, 0.717) is 90.1 Å². The van der Waals surface area contributed by atoms with Gasteiger partial charge in [0.1, 0.15) is 12.1 Å². The quantitative estimate of drug-likeness (QED) is 0.0378. The zero-order valence-electron chi connectivity index (χ0n) is 53.8. The number of aliphatic hydroxyl groups is 6. The van der Waals surface area contributed by atoms with Crippen LogP contribution in [0.5, 0.6) is 0 Å². The molecule has 8 fully saturated rings. The third-order valence-electron chi connectivity index (χ3n) is 25.8. The lowest BCUT2D eigenvalue weighted by atomic mass is 9.43. The molecule has 8 saturated carbocycles. The minimum Gasteiger partial charge on any atom is -0.393 e. The van der Waals surface area contributed by atoms with Crippen molar-refractivity contribution in [2.45, 2.75) is 245 Å². The maximum Gasteiger partial charge on any atom is 0.242 e. The van der Waals surface area contributed by atoms with Gasteiger partial charge in [0, 0.05) is 39.0 Å². The second-order valence-corrected chi connectivity index (χ2v) is 30.5. The third kappa shape index (κ3) is 14.1. The van der Waals surface area contributed by atoms with Gasteiger partial charge in [0.25, 0.3) is 0 Å². The third-order valence-corrected chi connectivity index (χ3v) is 25.8. The van der Waals surface area contributed by atoms with Gasteiger partial charge in [-0.25, -0.2) is 0 Å². The number of hydrogen-bond acceptors (Lipinski definition) is 12. The Kier molecular flexibility index (Phi) is 21.6. The average molecular weight is 1230 g/mol. The summed E-state index contributed by atoms with van der Waals surface area (Å²) in [6.45, 7) is 14.4. The van der Waals surface area contributed by atoms with E-state index < -0.39 is 47.3 Å². The van der Waals surface area contributed by atoms with E-state index in [9.17, 15) is 49.8 Å². The standard InChI is InChI=1S/C68H112N10O10/c1-37(45-17-19-47-59-49(33-55(83)67(45,47)5)65(3)25-23-43(79)29-41(65)31-53(59)81)11-21-57(85)77-51(9-7-27-73-63(69)70)61(87)75-35-39-13-15-40(16-14-39)36-76-62(88)52(10-8-28-74-64(71)72)78-58(86)22-12-38(2)46-18-20-48-60-50(34-56(84)68(46,48)6)66(4)26-24-44(80)30-42(66)32-54(60)82/h13-16,37-38,41-56,59-60,79-84H,7-12,17-36H2,1-6H3,(H,75,87)(H,76,88)(H,77,85)(H,78,86)(H4,69,70,73)(H4,71,72,74)/t37-,38-,41-,42+,43+,44-,45+,46-,47-,48+,49-,50+,51?,52?,53+,54-,55-,56+,59-,60+,65-,66+,67+,68-/m1/s1. The van der Waals surface area contributed by atoms with Crippen LogP contribution in [-0.4, -0.2) is 128 Å². The number of fused-ring (bicyclic) bond motifs is 10. The van der Waals surface area contributed by atoms with Crippen LogP contribution in [-0.2, 0) is 32.3 Å². The summed E-state index contributed by atoms with van der Waals surface area (Å²) in [4.78, 5) is 63.4. The first-order valence-corrected chi connectivity index (χ1v) is 34.1. The predicted octanol–water partition coefficient (Wildman–Crippen LogP) is 4.75. The molecule has 0 aromatic heterocycles. The molecule has 9 rings (SSSR count). The molecule has 88 heavy (non-hydrogen) atoms. The number of nitrogens with two attached hydrogens (primary N) is 4. The van der Waals surface area contributed by atoms with E-state index in [1.54, 1.807) is 0 Å². The van der Waals surface area contributed by atoms with E-state index in [0.717, 1.165) is 62.5 Å². The smallest absolute Gasteiger partial charge is 0.242 e. The van der Waals surface area contributed by atoms with Crippen molar-refractivity contribution >= 4 is 35.5 Å². The Morgan fingerprint density at radius 1 is 0.523 bits per heavy atom. The zero-order chi connectivity index (χ0) is 63.6. The number of rotatable bonds is 24. The molecule has 494 valence electrons. The summed E-state index contributed by atoms with van der Waals surface area (Å²) in [6, 6.07) is 5.78. The fraction of sp³-hybridized carbons (Fsp3) is 0.824. The van der Waals surface area contributed by atoms with Gasteiger partial charge in [-0.15, -0.1) is 0 Å². The summed E-state index contributed by atoms with van der Waals surface area (Å²) >= 11 is 0. The topological polar surface area (TPSA) is 367 Å². The summed E-state index contributed by atoms with van der Waals surface area (Å²) < 4.78 is 0. The van der Waals surface area contributed by atoms with Crippen LogP contribution in [0.15, 0.2) is 34.3 Å². The Morgan fingerprint density at radius 2 is 0.898 bits per heavy atom. The normalized spacial score (nSPS) is 39.4. The van der Waals surface area contributed by atoms with Crippen LogP contribution in [0, 0.1) is 92.7 Å². The lowest BCUT2D eigenvalue weighted by molar-refractivity contribution is -0.207. The molecule has 4 amide bonds. The number of benzene rings is 1. The Morgan fingerprint density at radius 3 is 1.26 bits per heavy atom. The highest BCUT2D eigenvalue weighted by molar-refractivity contribution is 5.88. The Labute approximate surface area is 523 Å². The molecule has 0 spiro atoms. The van der Waals surface area contributed by atoms with Crippen LogP contribution >= 0.6 is 0 Å². The van der Waals surface area contributed by atoms with E-state index in [1.807, 2.05) is 24.3 Å². The number of guanidine groups is 2. The van der Waals surface area contributed by atoms with Crippen LogP contribution in [0.1, 0.15) is 194 Å². The van der Waals surface area contributed by atoms with Gasteiger partial charge in [0.2, 0.25) is 23.6 Å². The average Bonchev–Trinajstić information content (AvgIpc) is 1.33. The van der Waals surface area contributed by atoms with Crippen LogP contribution in [0.25, 0.3) is 0 Å². The van der Waals surface area contributed by atoms with Crippen LogP contribution in [0.4, 0.5) is 0 Å². The minimum atomic E-state index is -0.840. The van der Waals surface area contributed by atoms with Gasteiger partial charge in [-0.2, -0.15) is 0 Å². The molecule has 8 aliphatic rings. The highest BCUT2D eigenvalue weighted by atomic mass is 16.3. The van der Waals surface area contributed by atoms with Crippen molar-refractivity contribution in [3.8, 4) is 0 Å². The summed E-state index contributed by atoms with van der Waals surface area (Å²) in [5.41, 5.74) is 23.2. The number of nitrogens with zero attached hydrogens (tertiary/aromatic N) is 2. The lowest BCUT2D eigenvalue weighted by Gasteiger charge is -2.63. The minimum absolute atomic E-state index is 0.0117. The second-order valence-electron chi connectivity index (χ2n) is 30.5. The molecule has 2 unspecified atom stereocenters. The van der Waals surface area contributed by atoms with E-state index in [-0.39, 0.29) is 156 Å². The number of aliphatic imine (C=N–C) groups is 2. The molecular weight excluding hydrogens is 1120 g/mol. The summed E-state index contributed by atoms with van der Waals surface area (Å²) in [6.07, 6.45) is 11.7. The van der Waals surface area contributed by atoms with Gasteiger partial charge in [0.05, 0.1) is 36.6 Å². The molecular formula is C68H112N10O10. The first-order chi connectivity index (χ1) is 41.7. The van der Waals surface area contributed by atoms with E-state index in [1.165, 1.54) is 0 Å². The van der Waals surface area contributed by atoms with E-state index in [2.05, 4.69) is 72.8 Å². The number of nitrogens with one attached hydrogen (secondary N) is 4. The Hall–Kier alpha value is -4.60. The molecule has 24 atom stereocenters. The molecule has 0 heterocycles. The van der Waals surface area contributed by atoms with Crippen LogP contribution in [0.3, 0.4) is 0 Å². The Bertz CT molecular complexity index is 2460. The van der Waals surface area contributed by atoms with Crippen molar-refractivity contribution in [1.82, 2.24) is 21.3 Å². The van der Waals surface area contributed by atoms with Crippen molar-refractivity contribution < 1.29 is 49.8 Å². The van der Waals surface area contributed by atoms with E-state index >= 15 is 0 Å². The SMILES string of the molecule is C[C@H](CCC(=O)NC(CCCN=C(N)N)C(=O)NCc1ccc(CNC(=O)C(CCCN=C(N)N)NC(=O)CC[C@@H](C)[C@@H]2CC[C@@H]3[C@@H]4[C@@H](C[C@@H](O)[C@]32C)[C@]2(C)CC[C@H](O)C[C@@H]2C[C@@H]4O)cc1)[C@H]1CC[C@H]2[C@@H]3[C@H](O)C[C@@H]4C[C@H](O)CC[C@]4(C)[C@H]3C[C@H](O)[C@]12C. The number of amides is 4. The summed E-state index contributed by atoms with van der Waals surface area (Å²) in [5.74, 6) is 0.755. The number of hydrogen-bond donors (Lipinski definition) is 14. The monoisotopic (exact) mass is 1230 g/mol. The summed E-state index contributed by atoms with van der Waals surface area (Å²) in [7, 11) is 0. The van der Waals surface area contributed by atoms with Gasteiger partial charge >= 0.3 is 0 Å². The van der Waals surface area contributed by atoms with Gasteiger partial charge in [0.15, 0.2) is 11.9 Å². The molecule has 0 aliphatic heterocycles. The number of aliphatic hydroxyl groups excluding tert-OH is 6. The molecule has 8 aliphatic carbocycles. The van der Waals surface area contributed by atoms with Crippen molar-refractivity contribution in [3.63, 3.8) is 0 Å². The number of carbonyl (C=O) groups is 4. The largest absolute Gasteiger partial charge is 0.393 e. The van der Waals surface area contributed by atoms with Crippen LogP contribution in [0.2, 0.25) is 0 Å². The van der Waals surface area contributed by atoms with Gasteiger partial charge in [-0.05, 0) is 232 Å². The predicted molar refractivity (Wildman–Crippen MR) is 339 cm³/mol. The fourth-order valence-corrected chi connectivity index (χ4v) is 20.9. The first kappa shape index (κ1) is 67.8. The number of carbonyl (C=O) groups excluding carboxylic acids is 4. The molecule has 20 heteroatoms. The highest BCUT2D eigenvalue weighted by Gasteiger charge is 2.67. The maximum absolute atomic E-state index is 13.9. The van der Waals surface area contributed by atoms with Crippen molar-refractivity contribution in [2.75, 3.05) is 13.1 Å². The fourth-order valence-electron chi connectivity index (χ4n) is 20.9. The van der Waals surface area contributed by atoms with Gasteiger partial charge in [-0.1, -0.05) is 65.8 Å². The highest BCUT2D eigenvalue weighted by Crippen LogP contribution is 2.70. The maximum atomic E-state index is 13.9.